The fraction of sp³-hybridized carbons (Fsp3) is 0.0667. The van der Waals surface area contributed by atoms with Crippen LogP contribution in [0.15, 0.2) is 71.5 Å². The molecule has 2 aliphatic rings. The van der Waals surface area contributed by atoms with E-state index in [0.29, 0.717) is 6.61 Å². The van der Waals surface area contributed by atoms with Gasteiger partial charge < -0.3 is 4.74 Å². The third-order valence-electron chi connectivity index (χ3n) is 2.73. The van der Waals surface area contributed by atoms with Gasteiger partial charge in [0.2, 0.25) is 0 Å². The lowest BCUT2D eigenvalue weighted by atomic mass is 10.0. The van der Waals surface area contributed by atoms with Gasteiger partial charge in [0.25, 0.3) is 0 Å². The second kappa shape index (κ2) is 3.86. The largest absolute Gasteiger partial charge is 0.489 e. The van der Waals surface area contributed by atoms with E-state index < -0.39 is 0 Å². The van der Waals surface area contributed by atoms with E-state index in [9.17, 15) is 0 Å². The van der Waals surface area contributed by atoms with Gasteiger partial charge in [-0.2, -0.15) is 0 Å². The Labute approximate surface area is 95.1 Å². The summed E-state index contributed by atoms with van der Waals surface area (Å²) in [5.41, 5.74) is 3.63. The van der Waals surface area contributed by atoms with E-state index in [-0.39, 0.29) is 0 Å². The number of hydrogen-bond acceptors (Lipinski definition) is 1. The standard InChI is InChI=1S/C15H12O/c1-2-5-12(6-3-1)11-13-8-9-15-14(13)7-4-10-16-15/h1-9,11H,10H2. The van der Waals surface area contributed by atoms with Gasteiger partial charge >= 0.3 is 0 Å². The summed E-state index contributed by atoms with van der Waals surface area (Å²) >= 11 is 0. The highest BCUT2D eigenvalue weighted by Gasteiger charge is 2.15. The predicted molar refractivity (Wildman–Crippen MR) is 65.7 cm³/mol. The molecule has 3 rings (SSSR count). The smallest absolute Gasteiger partial charge is 0.127 e. The molecule has 78 valence electrons. The van der Waals surface area contributed by atoms with Crippen molar-refractivity contribution >= 4 is 6.08 Å². The van der Waals surface area contributed by atoms with Gasteiger partial charge in [-0.25, -0.2) is 0 Å². The summed E-state index contributed by atoms with van der Waals surface area (Å²) in [7, 11) is 0. The van der Waals surface area contributed by atoms with Gasteiger partial charge in [-0.3, -0.25) is 0 Å². The number of benzene rings is 1. The maximum Gasteiger partial charge on any atom is 0.127 e. The van der Waals surface area contributed by atoms with Crippen LogP contribution in [-0.2, 0) is 4.74 Å². The highest BCUT2D eigenvalue weighted by atomic mass is 16.5. The molecular formula is C15H12O. The average Bonchev–Trinajstić information content (AvgIpc) is 2.74. The molecule has 1 aliphatic heterocycles. The van der Waals surface area contributed by atoms with Gasteiger partial charge in [0, 0.05) is 5.57 Å². The van der Waals surface area contributed by atoms with Crippen LogP contribution in [0.2, 0.25) is 0 Å². The van der Waals surface area contributed by atoms with Gasteiger partial charge in [-0.05, 0) is 29.4 Å². The molecule has 0 fully saturated rings. The summed E-state index contributed by atoms with van der Waals surface area (Å²) in [6.45, 7) is 0.682. The molecule has 0 amide bonds. The normalized spacial score (nSPS) is 20.1. The lowest BCUT2D eigenvalue weighted by Crippen LogP contribution is -1.97. The number of hydrogen-bond donors (Lipinski definition) is 0. The molecule has 1 heterocycles. The first-order valence-electron chi connectivity index (χ1n) is 5.42. The molecule has 0 bridgehead atoms. The van der Waals surface area contributed by atoms with Gasteiger partial charge in [0.05, 0.1) is 0 Å². The van der Waals surface area contributed by atoms with Crippen molar-refractivity contribution < 1.29 is 4.74 Å². The topological polar surface area (TPSA) is 9.23 Å². The molecule has 0 radical (unpaired) electrons. The van der Waals surface area contributed by atoms with Crippen molar-refractivity contribution in [1.29, 1.82) is 0 Å². The molecule has 0 saturated heterocycles. The van der Waals surface area contributed by atoms with Crippen molar-refractivity contribution in [3.05, 3.63) is 77.1 Å². The Kier molecular flexibility index (Phi) is 2.22. The minimum atomic E-state index is 0.682. The third kappa shape index (κ3) is 1.61. The summed E-state index contributed by atoms with van der Waals surface area (Å²) < 4.78 is 5.53. The minimum Gasteiger partial charge on any atom is -0.489 e. The first-order valence-corrected chi connectivity index (χ1v) is 5.42. The Morgan fingerprint density at radius 2 is 1.88 bits per heavy atom. The van der Waals surface area contributed by atoms with Crippen molar-refractivity contribution in [3.8, 4) is 0 Å². The van der Waals surface area contributed by atoms with Crippen molar-refractivity contribution in [2.45, 2.75) is 0 Å². The van der Waals surface area contributed by atoms with E-state index >= 15 is 0 Å². The summed E-state index contributed by atoms with van der Waals surface area (Å²) in [5.74, 6) is 0.990. The van der Waals surface area contributed by atoms with Crippen molar-refractivity contribution in [1.82, 2.24) is 0 Å². The van der Waals surface area contributed by atoms with Gasteiger partial charge in [-0.1, -0.05) is 42.5 Å². The molecule has 1 nitrogen and oxygen atoms in total. The number of ether oxygens (including phenoxy) is 1. The van der Waals surface area contributed by atoms with Crippen molar-refractivity contribution in [3.63, 3.8) is 0 Å². The molecule has 16 heavy (non-hydrogen) atoms. The Bertz CT molecular complexity index is 516. The lowest BCUT2D eigenvalue weighted by Gasteiger charge is -2.10. The molecule has 0 unspecified atom stereocenters. The van der Waals surface area contributed by atoms with Crippen LogP contribution in [0.5, 0.6) is 0 Å². The number of allylic oxidation sites excluding steroid dienone is 5. The molecule has 0 aromatic heterocycles. The van der Waals surface area contributed by atoms with Crippen molar-refractivity contribution in [2.75, 3.05) is 6.61 Å². The summed E-state index contributed by atoms with van der Waals surface area (Å²) in [6.07, 6.45) is 10.5. The summed E-state index contributed by atoms with van der Waals surface area (Å²) in [4.78, 5) is 0. The molecule has 0 N–H and O–H groups in total. The fourth-order valence-electron chi connectivity index (χ4n) is 1.95. The third-order valence-corrected chi connectivity index (χ3v) is 2.73. The maximum atomic E-state index is 5.53. The van der Waals surface area contributed by atoms with Gasteiger partial charge in [-0.15, -0.1) is 0 Å². The first-order chi connectivity index (χ1) is 7.93. The van der Waals surface area contributed by atoms with Crippen LogP contribution < -0.4 is 0 Å². The van der Waals surface area contributed by atoms with E-state index in [0.717, 1.165) is 5.76 Å². The van der Waals surface area contributed by atoms with E-state index in [1.54, 1.807) is 0 Å². The Balaban J connectivity index is 1.98. The zero-order chi connectivity index (χ0) is 10.8. The van der Waals surface area contributed by atoms with E-state index in [1.165, 1.54) is 16.7 Å². The Morgan fingerprint density at radius 1 is 1.00 bits per heavy atom. The monoisotopic (exact) mass is 208 g/mol. The maximum absolute atomic E-state index is 5.53. The van der Waals surface area contributed by atoms with Gasteiger partial charge in [0.15, 0.2) is 0 Å². The lowest BCUT2D eigenvalue weighted by molar-refractivity contribution is 0.256. The van der Waals surface area contributed by atoms with E-state index in [2.05, 4.69) is 30.4 Å². The zero-order valence-corrected chi connectivity index (χ0v) is 8.89. The predicted octanol–water partition coefficient (Wildman–Crippen LogP) is 3.48. The Morgan fingerprint density at radius 3 is 2.75 bits per heavy atom. The van der Waals surface area contributed by atoms with Crippen LogP contribution >= 0.6 is 0 Å². The molecule has 1 aromatic carbocycles. The van der Waals surface area contributed by atoms with Crippen LogP contribution in [0.3, 0.4) is 0 Å². The molecule has 1 aromatic rings. The molecule has 1 aliphatic carbocycles. The second-order valence-electron chi connectivity index (χ2n) is 3.83. The number of rotatable bonds is 1. The molecule has 0 saturated carbocycles. The van der Waals surface area contributed by atoms with E-state index in [4.69, 9.17) is 4.74 Å². The van der Waals surface area contributed by atoms with Crippen LogP contribution in [0.25, 0.3) is 6.08 Å². The van der Waals surface area contributed by atoms with E-state index in [1.807, 2.05) is 30.4 Å². The van der Waals surface area contributed by atoms with Crippen LogP contribution in [0.1, 0.15) is 5.56 Å². The summed E-state index contributed by atoms with van der Waals surface area (Å²) in [5, 5.41) is 0. The first kappa shape index (κ1) is 9.22. The van der Waals surface area contributed by atoms with Crippen LogP contribution in [-0.4, -0.2) is 6.61 Å². The fourth-order valence-corrected chi connectivity index (χ4v) is 1.95. The molecule has 1 heteroatoms. The molecular weight excluding hydrogens is 196 g/mol. The van der Waals surface area contributed by atoms with Crippen LogP contribution in [0, 0.1) is 0 Å². The second-order valence-corrected chi connectivity index (χ2v) is 3.83. The SMILES string of the molecule is C1=CC2=C(C=CC2=Cc2ccccc2)OC1. The summed E-state index contributed by atoms with van der Waals surface area (Å²) in [6, 6.07) is 10.3. The van der Waals surface area contributed by atoms with Crippen molar-refractivity contribution in [2.24, 2.45) is 0 Å². The van der Waals surface area contributed by atoms with Crippen LogP contribution in [0.4, 0.5) is 0 Å². The molecule has 0 atom stereocenters. The average molecular weight is 208 g/mol. The quantitative estimate of drug-likeness (QED) is 0.686. The minimum absolute atomic E-state index is 0.682. The Hall–Kier alpha value is -2.02. The molecule has 0 spiro atoms. The van der Waals surface area contributed by atoms with Gasteiger partial charge in [0.1, 0.15) is 12.4 Å². The zero-order valence-electron chi connectivity index (χ0n) is 8.89. The highest BCUT2D eigenvalue weighted by molar-refractivity contribution is 5.69. The highest BCUT2D eigenvalue weighted by Crippen LogP contribution is 2.30.